The van der Waals surface area contributed by atoms with Crippen LogP contribution in [0.2, 0.25) is 0 Å². The molecule has 5 nitrogen and oxygen atoms in total. The Morgan fingerprint density at radius 1 is 1.30 bits per heavy atom. The summed E-state index contributed by atoms with van der Waals surface area (Å²) in [4.78, 5) is 26.4. The molecule has 23 heavy (non-hydrogen) atoms. The minimum atomic E-state index is -0.356. The number of hydrogen-bond acceptors (Lipinski definition) is 4. The Balaban J connectivity index is 2.18. The molecule has 1 heterocycles. The van der Waals surface area contributed by atoms with Crippen LogP contribution in [0, 0.1) is 5.92 Å². The van der Waals surface area contributed by atoms with Crippen LogP contribution in [0.25, 0.3) is 0 Å². The predicted molar refractivity (Wildman–Crippen MR) is 90.1 cm³/mol. The first-order chi connectivity index (χ1) is 11.0. The first-order valence-electron chi connectivity index (χ1n) is 8.17. The Hall–Kier alpha value is -1.30. The van der Waals surface area contributed by atoms with Crippen LogP contribution in [0.5, 0.6) is 0 Å². The van der Waals surface area contributed by atoms with Crippen molar-refractivity contribution in [3.8, 4) is 0 Å². The lowest BCUT2D eigenvalue weighted by Crippen LogP contribution is -2.44. The van der Waals surface area contributed by atoms with E-state index in [1.807, 2.05) is 0 Å². The number of furan rings is 1. The van der Waals surface area contributed by atoms with E-state index in [4.69, 9.17) is 9.15 Å². The van der Waals surface area contributed by atoms with E-state index in [0.717, 1.165) is 25.7 Å². The average Bonchev–Trinajstić information content (AvgIpc) is 2.82. The number of carbonyl (C=O) groups is 2. The zero-order valence-electron chi connectivity index (χ0n) is 13.7. The Kier molecular flexibility index (Phi) is 6.69. The topological polar surface area (TPSA) is 59.8 Å². The van der Waals surface area contributed by atoms with E-state index in [1.165, 1.54) is 20.0 Å². The maximum absolute atomic E-state index is 12.9. The van der Waals surface area contributed by atoms with E-state index in [1.54, 1.807) is 24.0 Å². The Labute approximate surface area is 145 Å². The van der Waals surface area contributed by atoms with Crippen molar-refractivity contribution in [3.05, 3.63) is 22.6 Å². The molecular formula is C17H24BrNO4. The molecule has 6 heteroatoms. The molecular weight excluding hydrogens is 362 g/mol. The second-order valence-corrected chi connectivity index (χ2v) is 6.91. The quantitative estimate of drug-likeness (QED) is 0.567. The van der Waals surface area contributed by atoms with Crippen LogP contribution in [-0.4, -0.2) is 36.5 Å². The highest BCUT2D eigenvalue weighted by Crippen LogP contribution is 2.25. The number of rotatable bonds is 5. The molecule has 1 aromatic heterocycles. The molecule has 0 radical (unpaired) electrons. The fourth-order valence-corrected chi connectivity index (χ4v) is 3.42. The van der Waals surface area contributed by atoms with Gasteiger partial charge in [-0.3, -0.25) is 9.59 Å². The van der Waals surface area contributed by atoms with Gasteiger partial charge in [0.05, 0.1) is 13.0 Å². The van der Waals surface area contributed by atoms with E-state index < -0.39 is 0 Å². The molecule has 0 saturated heterocycles. The van der Waals surface area contributed by atoms with Crippen LogP contribution in [0.4, 0.5) is 0 Å². The molecule has 1 aromatic rings. The second kappa shape index (κ2) is 8.52. The molecule has 1 saturated carbocycles. The van der Waals surface area contributed by atoms with Gasteiger partial charge in [0.1, 0.15) is 0 Å². The Morgan fingerprint density at radius 2 is 1.96 bits per heavy atom. The Morgan fingerprint density at radius 3 is 2.48 bits per heavy atom. The first-order valence-corrected chi connectivity index (χ1v) is 8.96. The summed E-state index contributed by atoms with van der Waals surface area (Å²) in [5, 5.41) is 0. The van der Waals surface area contributed by atoms with Gasteiger partial charge >= 0.3 is 5.97 Å². The zero-order valence-corrected chi connectivity index (χ0v) is 15.3. The van der Waals surface area contributed by atoms with Crippen molar-refractivity contribution in [3.63, 3.8) is 0 Å². The molecule has 1 fully saturated rings. The molecule has 1 aliphatic carbocycles. The first kappa shape index (κ1) is 18.0. The standard InChI is InChI=1S/C17H24BrNO4/c1-12(17(21)22-2)11-19(13-7-5-3-4-6-8-13)16(20)14-9-10-15(18)23-14/h9-10,12-13H,3-8,11H2,1-2H3. The van der Waals surface area contributed by atoms with Gasteiger partial charge in [-0.15, -0.1) is 0 Å². The number of carbonyl (C=O) groups excluding carboxylic acids is 2. The third-order valence-electron chi connectivity index (χ3n) is 4.38. The average molecular weight is 386 g/mol. The van der Waals surface area contributed by atoms with Gasteiger partial charge in [0, 0.05) is 12.6 Å². The van der Waals surface area contributed by atoms with Crippen LogP contribution in [-0.2, 0) is 9.53 Å². The van der Waals surface area contributed by atoms with Gasteiger partial charge < -0.3 is 14.1 Å². The fourth-order valence-electron chi connectivity index (χ4n) is 3.11. The fraction of sp³-hybridized carbons (Fsp3) is 0.647. The lowest BCUT2D eigenvalue weighted by atomic mass is 10.0. The summed E-state index contributed by atoms with van der Waals surface area (Å²) in [6.45, 7) is 2.15. The summed E-state index contributed by atoms with van der Waals surface area (Å²) >= 11 is 3.23. The van der Waals surface area contributed by atoms with E-state index in [9.17, 15) is 9.59 Å². The molecule has 2 rings (SSSR count). The number of amides is 1. The normalized spacial score (nSPS) is 17.3. The largest absolute Gasteiger partial charge is 0.469 e. The third-order valence-corrected chi connectivity index (χ3v) is 4.81. The van der Waals surface area contributed by atoms with Crippen LogP contribution in [0.3, 0.4) is 0 Å². The maximum atomic E-state index is 12.9. The van der Waals surface area contributed by atoms with E-state index >= 15 is 0 Å². The molecule has 0 spiro atoms. The van der Waals surface area contributed by atoms with Crippen molar-refractivity contribution in [2.24, 2.45) is 5.92 Å². The molecule has 128 valence electrons. The summed E-state index contributed by atoms with van der Waals surface area (Å²) in [6, 6.07) is 3.53. The number of ether oxygens (including phenoxy) is 1. The van der Waals surface area contributed by atoms with Gasteiger partial charge in [-0.25, -0.2) is 0 Å². The SMILES string of the molecule is COC(=O)C(C)CN(C(=O)c1ccc(Br)o1)C1CCCCCC1. The smallest absolute Gasteiger partial charge is 0.310 e. The third kappa shape index (κ3) is 4.83. The van der Waals surface area contributed by atoms with Crippen LogP contribution in [0.15, 0.2) is 21.2 Å². The molecule has 1 atom stereocenters. The summed E-state index contributed by atoms with van der Waals surface area (Å²) in [5.74, 6) is -0.501. The van der Waals surface area contributed by atoms with Crippen molar-refractivity contribution in [2.75, 3.05) is 13.7 Å². The maximum Gasteiger partial charge on any atom is 0.310 e. The van der Waals surface area contributed by atoms with E-state index in [2.05, 4.69) is 15.9 Å². The van der Waals surface area contributed by atoms with Crippen LogP contribution < -0.4 is 0 Å². The number of nitrogens with zero attached hydrogens (tertiary/aromatic N) is 1. The van der Waals surface area contributed by atoms with Crippen molar-refractivity contribution in [1.82, 2.24) is 4.90 Å². The monoisotopic (exact) mass is 385 g/mol. The molecule has 1 unspecified atom stereocenters. The van der Waals surface area contributed by atoms with Crippen molar-refractivity contribution in [1.29, 1.82) is 0 Å². The number of hydrogen-bond donors (Lipinski definition) is 0. The molecule has 1 amide bonds. The summed E-state index contributed by atoms with van der Waals surface area (Å²) in [7, 11) is 1.38. The number of methoxy groups -OCH3 is 1. The molecule has 0 bridgehead atoms. The molecule has 0 aliphatic heterocycles. The highest BCUT2D eigenvalue weighted by atomic mass is 79.9. The highest BCUT2D eigenvalue weighted by molar-refractivity contribution is 9.10. The number of esters is 1. The van der Waals surface area contributed by atoms with Crippen molar-refractivity contribution < 1.29 is 18.7 Å². The number of halogens is 1. The van der Waals surface area contributed by atoms with E-state index in [-0.39, 0.29) is 23.8 Å². The van der Waals surface area contributed by atoms with Crippen LogP contribution in [0.1, 0.15) is 56.0 Å². The summed E-state index contributed by atoms with van der Waals surface area (Å²) < 4.78 is 10.8. The minimum absolute atomic E-state index is 0.154. The second-order valence-electron chi connectivity index (χ2n) is 6.13. The van der Waals surface area contributed by atoms with Gasteiger partial charge in [0.25, 0.3) is 5.91 Å². The van der Waals surface area contributed by atoms with Gasteiger partial charge in [-0.1, -0.05) is 32.6 Å². The van der Waals surface area contributed by atoms with Gasteiger partial charge in [-0.2, -0.15) is 0 Å². The highest BCUT2D eigenvalue weighted by Gasteiger charge is 2.30. The van der Waals surface area contributed by atoms with Crippen LogP contribution >= 0.6 is 15.9 Å². The van der Waals surface area contributed by atoms with Crippen molar-refractivity contribution in [2.45, 2.75) is 51.5 Å². The summed E-state index contributed by atoms with van der Waals surface area (Å²) in [5.41, 5.74) is 0. The predicted octanol–water partition coefficient (Wildman–Crippen LogP) is 4.02. The van der Waals surface area contributed by atoms with Crippen molar-refractivity contribution >= 4 is 27.8 Å². The molecule has 0 N–H and O–H groups in total. The minimum Gasteiger partial charge on any atom is -0.469 e. The van der Waals surface area contributed by atoms with Gasteiger partial charge in [0.2, 0.25) is 0 Å². The lowest BCUT2D eigenvalue weighted by molar-refractivity contribution is -0.145. The zero-order chi connectivity index (χ0) is 16.8. The molecule has 0 aromatic carbocycles. The van der Waals surface area contributed by atoms with Gasteiger partial charge in [-0.05, 0) is 40.9 Å². The Bertz CT molecular complexity index is 534. The van der Waals surface area contributed by atoms with Gasteiger partial charge in [0.15, 0.2) is 10.4 Å². The lowest BCUT2D eigenvalue weighted by Gasteiger charge is -2.32. The summed E-state index contributed by atoms with van der Waals surface area (Å²) in [6.07, 6.45) is 6.59. The van der Waals surface area contributed by atoms with E-state index in [0.29, 0.717) is 17.0 Å². The molecule has 1 aliphatic rings.